The standard InChI is InChI=1S/C15H20N2O2/c1-2-3-9-19-10-8-17-15(18)13-5-4-12-6-7-16-14(12)11-13/h2,4-5,11,16H,1,3,6-10H2,(H,17,18). The van der Waals surface area contributed by atoms with Gasteiger partial charge in [-0.25, -0.2) is 0 Å². The second-order valence-corrected chi connectivity index (χ2v) is 4.49. The molecule has 1 aliphatic rings. The zero-order valence-electron chi connectivity index (χ0n) is 11.1. The van der Waals surface area contributed by atoms with Gasteiger partial charge in [-0.1, -0.05) is 12.1 Å². The average molecular weight is 260 g/mol. The molecule has 0 saturated heterocycles. The highest BCUT2D eigenvalue weighted by molar-refractivity contribution is 5.95. The molecule has 0 unspecified atom stereocenters. The molecule has 2 N–H and O–H groups in total. The van der Waals surface area contributed by atoms with Crippen LogP contribution >= 0.6 is 0 Å². The molecule has 1 amide bonds. The lowest BCUT2D eigenvalue weighted by molar-refractivity contribution is 0.0918. The van der Waals surface area contributed by atoms with Gasteiger partial charge in [-0.05, 0) is 30.5 Å². The Morgan fingerprint density at radius 3 is 3.21 bits per heavy atom. The van der Waals surface area contributed by atoms with Crippen molar-refractivity contribution in [1.82, 2.24) is 5.32 Å². The number of nitrogens with one attached hydrogen (secondary N) is 2. The van der Waals surface area contributed by atoms with Crippen LogP contribution in [0.25, 0.3) is 0 Å². The summed E-state index contributed by atoms with van der Waals surface area (Å²) in [6.07, 6.45) is 3.69. The molecule has 0 fully saturated rings. The third-order valence-electron chi connectivity index (χ3n) is 3.08. The number of benzene rings is 1. The van der Waals surface area contributed by atoms with Gasteiger partial charge >= 0.3 is 0 Å². The fourth-order valence-electron chi connectivity index (χ4n) is 2.04. The Balaban J connectivity index is 1.75. The minimum Gasteiger partial charge on any atom is -0.384 e. The monoisotopic (exact) mass is 260 g/mol. The zero-order valence-corrected chi connectivity index (χ0v) is 11.1. The number of carbonyl (C=O) groups excluding carboxylic acids is 1. The molecular weight excluding hydrogens is 240 g/mol. The van der Waals surface area contributed by atoms with E-state index in [0.717, 1.165) is 25.1 Å². The summed E-state index contributed by atoms with van der Waals surface area (Å²) in [5.74, 6) is -0.0520. The second-order valence-electron chi connectivity index (χ2n) is 4.49. The zero-order chi connectivity index (χ0) is 13.5. The van der Waals surface area contributed by atoms with Crippen LogP contribution in [0, 0.1) is 0 Å². The van der Waals surface area contributed by atoms with Crippen LogP contribution in [0.2, 0.25) is 0 Å². The van der Waals surface area contributed by atoms with E-state index in [9.17, 15) is 4.79 Å². The van der Waals surface area contributed by atoms with Crippen LogP contribution in [0.15, 0.2) is 30.9 Å². The minimum atomic E-state index is -0.0520. The van der Waals surface area contributed by atoms with E-state index >= 15 is 0 Å². The summed E-state index contributed by atoms with van der Waals surface area (Å²) in [7, 11) is 0. The highest BCUT2D eigenvalue weighted by atomic mass is 16.5. The summed E-state index contributed by atoms with van der Waals surface area (Å²) in [4.78, 5) is 11.9. The van der Waals surface area contributed by atoms with Crippen LogP contribution in [-0.4, -0.2) is 32.2 Å². The van der Waals surface area contributed by atoms with Gasteiger partial charge in [0.2, 0.25) is 0 Å². The van der Waals surface area contributed by atoms with Crippen molar-refractivity contribution in [3.05, 3.63) is 42.0 Å². The van der Waals surface area contributed by atoms with Gasteiger partial charge in [0.15, 0.2) is 0 Å². The van der Waals surface area contributed by atoms with Crippen LogP contribution in [0.1, 0.15) is 22.3 Å². The number of rotatable bonds is 7. The van der Waals surface area contributed by atoms with Crippen LogP contribution in [0.4, 0.5) is 5.69 Å². The van der Waals surface area contributed by atoms with Crippen LogP contribution in [0.5, 0.6) is 0 Å². The predicted octanol–water partition coefficient (Wildman–Crippen LogP) is 1.98. The van der Waals surface area contributed by atoms with Crippen LogP contribution in [0.3, 0.4) is 0 Å². The summed E-state index contributed by atoms with van der Waals surface area (Å²) in [5.41, 5.74) is 3.05. The van der Waals surface area contributed by atoms with Crippen LogP contribution < -0.4 is 10.6 Å². The van der Waals surface area contributed by atoms with Gasteiger partial charge in [0, 0.05) is 24.3 Å². The van der Waals surface area contributed by atoms with Crippen molar-refractivity contribution in [3.63, 3.8) is 0 Å². The highest BCUT2D eigenvalue weighted by Gasteiger charge is 2.12. The molecule has 0 aromatic heterocycles. The quantitative estimate of drug-likeness (QED) is 0.582. The van der Waals surface area contributed by atoms with Gasteiger partial charge in [-0.2, -0.15) is 0 Å². The molecular formula is C15H20N2O2. The van der Waals surface area contributed by atoms with Crippen molar-refractivity contribution in [2.24, 2.45) is 0 Å². The molecule has 0 bridgehead atoms. The molecule has 4 heteroatoms. The van der Waals surface area contributed by atoms with Crippen molar-refractivity contribution in [3.8, 4) is 0 Å². The van der Waals surface area contributed by atoms with Gasteiger partial charge in [0.1, 0.15) is 0 Å². The summed E-state index contributed by atoms with van der Waals surface area (Å²) in [6.45, 7) is 6.29. The van der Waals surface area contributed by atoms with Gasteiger partial charge in [-0.15, -0.1) is 6.58 Å². The molecule has 0 radical (unpaired) electrons. The Kier molecular flexibility index (Phi) is 4.98. The molecule has 19 heavy (non-hydrogen) atoms. The average Bonchev–Trinajstić information content (AvgIpc) is 2.89. The van der Waals surface area contributed by atoms with E-state index in [1.54, 1.807) is 0 Å². The minimum absolute atomic E-state index is 0.0520. The molecule has 102 valence electrons. The largest absolute Gasteiger partial charge is 0.384 e. The van der Waals surface area contributed by atoms with E-state index in [0.29, 0.717) is 25.3 Å². The van der Waals surface area contributed by atoms with Crippen molar-refractivity contribution in [2.75, 3.05) is 31.6 Å². The van der Waals surface area contributed by atoms with Crippen molar-refractivity contribution < 1.29 is 9.53 Å². The molecule has 1 aromatic carbocycles. The Morgan fingerprint density at radius 1 is 1.47 bits per heavy atom. The number of amides is 1. The number of anilines is 1. The Morgan fingerprint density at radius 2 is 2.37 bits per heavy atom. The van der Waals surface area contributed by atoms with E-state index < -0.39 is 0 Å². The van der Waals surface area contributed by atoms with Crippen molar-refractivity contribution >= 4 is 11.6 Å². The third kappa shape index (κ3) is 3.83. The Hall–Kier alpha value is -1.81. The maximum Gasteiger partial charge on any atom is 0.251 e. The first-order chi connectivity index (χ1) is 9.31. The fourth-order valence-corrected chi connectivity index (χ4v) is 2.04. The maximum atomic E-state index is 11.9. The first-order valence-corrected chi connectivity index (χ1v) is 6.65. The predicted molar refractivity (Wildman–Crippen MR) is 76.6 cm³/mol. The smallest absolute Gasteiger partial charge is 0.251 e. The summed E-state index contributed by atoms with van der Waals surface area (Å²) in [5, 5.41) is 6.12. The fraction of sp³-hybridized carbons (Fsp3) is 0.400. The maximum absolute atomic E-state index is 11.9. The SMILES string of the molecule is C=CCCOCCNC(=O)c1ccc2c(c1)NCC2. The molecule has 0 atom stereocenters. The van der Waals surface area contributed by atoms with Gasteiger partial charge in [-0.3, -0.25) is 4.79 Å². The number of carbonyl (C=O) groups is 1. The molecule has 1 aromatic rings. The summed E-state index contributed by atoms with van der Waals surface area (Å²) >= 11 is 0. The number of hydrogen-bond acceptors (Lipinski definition) is 3. The molecule has 1 aliphatic heterocycles. The van der Waals surface area contributed by atoms with Gasteiger partial charge in [0.25, 0.3) is 5.91 Å². The van der Waals surface area contributed by atoms with Gasteiger partial charge < -0.3 is 15.4 Å². The summed E-state index contributed by atoms with van der Waals surface area (Å²) < 4.78 is 5.34. The lowest BCUT2D eigenvalue weighted by atomic mass is 10.1. The van der Waals surface area contributed by atoms with Gasteiger partial charge in [0.05, 0.1) is 13.2 Å². The molecule has 0 spiro atoms. The number of fused-ring (bicyclic) bond motifs is 1. The molecule has 1 heterocycles. The van der Waals surface area contributed by atoms with E-state index in [1.807, 2.05) is 24.3 Å². The van der Waals surface area contributed by atoms with E-state index in [4.69, 9.17) is 4.74 Å². The van der Waals surface area contributed by atoms with Crippen molar-refractivity contribution in [1.29, 1.82) is 0 Å². The molecule has 0 aliphatic carbocycles. The molecule has 4 nitrogen and oxygen atoms in total. The lowest BCUT2D eigenvalue weighted by Gasteiger charge is -2.07. The number of ether oxygens (including phenoxy) is 1. The Labute approximate surface area is 113 Å². The molecule has 2 rings (SSSR count). The molecule has 0 saturated carbocycles. The van der Waals surface area contributed by atoms with Crippen molar-refractivity contribution in [2.45, 2.75) is 12.8 Å². The van der Waals surface area contributed by atoms with E-state index in [1.165, 1.54) is 5.56 Å². The third-order valence-corrected chi connectivity index (χ3v) is 3.08. The van der Waals surface area contributed by atoms with E-state index in [-0.39, 0.29) is 5.91 Å². The Bertz CT molecular complexity index is 457. The highest BCUT2D eigenvalue weighted by Crippen LogP contribution is 2.22. The second kappa shape index (κ2) is 6.95. The summed E-state index contributed by atoms with van der Waals surface area (Å²) in [6, 6.07) is 5.81. The topological polar surface area (TPSA) is 50.4 Å². The number of hydrogen-bond donors (Lipinski definition) is 2. The van der Waals surface area contributed by atoms with E-state index in [2.05, 4.69) is 17.2 Å². The normalized spacial score (nSPS) is 12.6. The van der Waals surface area contributed by atoms with Crippen LogP contribution in [-0.2, 0) is 11.2 Å². The first kappa shape index (κ1) is 13.6. The lowest BCUT2D eigenvalue weighted by Crippen LogP contribution is -2.27. The first-order valence-electron chi connectivity index (χ1n) is 6.65.